The van der Waals surface area contributed by atoms with Crippen LogP contribution in [0.25, 0.3) is 0 Å². The molecule has 0 aliphatic heterocycles. The van der Waals surface area contributed by atoms with Crippen LogP contribution < -0.4 is 24.4 Å². The Labute approximate surface area is 146 Å². The van der Waals surface area contributed by atoms with Gasteiger partial charge in [-0.05, 0) is 30.3 Å². The molecule has 7 heteroatoms. The second-order valence-corrected chi connectivity index (χ2v) is 4.84. The minimum absolute atomic E-state index is 0.266. The zero-order valence-corrected chi connectivity index (χ0v) is 14.5. The van der Waals surface area contributed by atoms with E-state index in [9.17, 15) is 4.79 Å². The van der Waals surface area contributed by atoms with E-state index >= 15 is 0 Å². The number of amides is 1. The summed E-state index contributed by atoms with van der Waals surface area (Å²) in [4.78, 5) is 12.4. The third kappa shape index (κ3) is 4.20. The zero-order chi connectivity index (χ0) is 18.2. The summed E-state index contributed by atoms with van der Waals surface area (Å²) < 4.78 is 20.9. The van der Waals surface area contributed by atoms with E-state index in [1.165, 1.54) is 20.4 Å². The maximum Gasteiger partial charge on any atom is 0.278 e. The first-order chi connectivity index (χ1) is 12.1. The minimum Gasteiger partial charge on any atom is -0.497 e. The van der Waals surface area contributed by atoms with Crippen molar-refractivity contribution in [2.75, 3.05) is 28.4 Å². The Bertz CT molecular complexity index is 752. The Morgan fingerprint density at radius 2 is 1.56 bits per heavy atom. The summed E-state index contributed by atoms with van der Waals surface area (Å²) in [5.41, 5.74) is 3.39. The van der Waals surface area contributed by atoms with Crippen LogP contribution >= 0.6 is 0 Å². The average molecular weight is 344 g/mol. The highest BCUT2D eigenvalue weighted by atomic mass is 16.5. The molecule has 2 aromatic rings. The second kappa shape index (κ2) is 8.58. The van der Waals surface area contributed by atoms with Crippen molar-refractivity contribution in [3.63, 3.8) is 0 Å². The smallest absolute Gasteiger partial charge is 0.278 e. The van der Waals surface area contributed by atoms with Crippen molar-refractivity contribution in [1.29, 1.82) is 0 Å². The molecule has 0 aliphatic rings. The molecule has 0 aliphatic carbocycles. The molecule has 1 amide bonds. The average Bonchev–Trinajstić information content (AvgIpc) is 2.66. The van der Waals surface area contributed by atoms with Crippen LogP contribution in [0, 0.1) is 0 Å². The summed E-state index contributed by atoms with van der Waals surface area (Å²) in [6.45, 7) is 0. The van der Waals surface area contributed by atoms with Crippen LogP contribution in [0.1, 0.15) is 15.9 Å². The van der Waals surface area contributed by atoms with E-state index in [1.54, 1.807) is 50.6 Å². The van der Waals surface area contributed by atoms with Gasteiger partial charge in [-0.3, -0.25) is 4.79 Å². The number of hydrazone groups is 1. The van der Waals surface area contributed by atoms with Crippen molar-refractivity contribution in [1.82, 2.24) is 5.43 Å². The normalized spacial score (nSPS) is 10.4. The topological polar surface area (TPSA) is 78.4 Å². The van der Waals surface area contributed by atoms with E-state index in [-0.39, 0.29) is 5.56 Å². The lowest BCUT2D eigenvalue weighted by molar-refractivity contribution is 0.0949. The van der Waals surface area contributed by atoms with Gasteiger partial charge in [-0.2, -0.15) is 5.10 Å². The van der Waals surface area contributed by atoms with Crippen molar-refractivity contribution in [3.8, 4) is 23.0 Å². The quantitative estimate of drug-likeness (QED) is 0.617. The number of carbonyl (C=O) groups is 1. The third-order valence-electron chi connectivity index (χ3n) is 3.46. The predicted molar refractivity (Wildman–Crippen MR) is 94.2 cm³/mol. The van der Waals surface area contributed by atoms with Gasteiger partial charge in [-0.25, -0.2) is 5.43 Å². The van der Waals surface area contributed by atoms with Crippen molar-refractivity contribution >= 4 is 12.1 Å². The summed E-state index contributed by atoms with van der Waals surface area (Å²) in [7, 11) is 6.09. The number of benzene rings is 2. The van der Waals surface area contributed by atoms with E-state index in [0.29, 0.717) is 28.6 Å². The van der Waals surface area contributed by atoms with E-state index in [2.05, 4.69) is 10.5 Å². The first-order valence-electron chi connectivity index (χ1n) is 7.41. The van der Waals surface area contributed by atoms with Gasteiger partial charge in [0.05, 0.1) is 34.7 Å². The molecule has 0 radical (unpaired) electrons. The van der Waals surface area contributed by atoms with Gasteiger partial charge in [0.15, 0.2) is 0 Å². The number of rotatable bonds is 7. The lowest BCUT2D eigenvalue weighted by atomic mass is 10.1. The Morgan fingerprint density at radius 3 is 2.12 bits per heavy atom. The monoisotopic (exact) mass is 344 g/mol. The molecule has 7 nitrogen and oxygen atoms in total. The van der Waals surface area contributed by atoms with Crippen LogP contribution in [0.15, 0.2) is 41.5 Å². The maximum atomic E-state index is 12.4. The van der Waals surface area contributed by atoms with Crippen molar-refractivity contribution < 1.29 is 23.7 Å². The fourth-order valence-corrected chi connectivity index (χ4v) is 2.23. The molecule has 0 saturated heterocycles. The lowest BCUT2D eigenvalue weighted by Gasteiger charge is -2.11. The van der Waals surface area contributed by atoms with Crippen molar-refractivity contribution in [2.45, 2.75) is 0 Å². The minimum atomic E-state index is -0.451. The Morgan fingerprint density at radius 1 is 0.920 bits per heavy atom. The van der Waals surface area contributed by atoms with Gasteiger partial charge >= 0.3 is 0 Å². The van der Waals surface area contributed by atoms with Crippen LogP contribution in [-0.4, -0.2) is 40.6 Å². The Kier molecular flexibility index (Phi) is 6.22. The van der Waals surface area contributed by atoms with Gasteiger partial charge in [-0.15, -0.1) is 0 Å². The summed E-state index contributed by atoms with van der Waals surface area (Å²) in [5, 5.41) is 3.98. The van der Waals surface area contributed by atoms with E-state index < -0.39 is 5.91 Å². The second-order valence-electron chi connectivity index (χ2n) is 4.84. The van der Waals surface area contributed by atoms with Crippen molar-refractivity contribution in [3.05, 3.63) is 47.5 Å². The lowest BCUT2D eigenvalue weighted by Crippen LogP contribution is -2.19. The number of carbonyl (C=O) groups excluding carboxylic acids is 1. The van der Waals surface area contributed by atoms with Gasteiger partial charge in [0, 0.05) is 5.56 Å². The molecule has 1 N–H and O–H groups in total. The van der Waals surface area contributed by atoms with Crippen LogP contribution in [0.2, 0.25) is 0 Å². The van der Waals surface area contributed by atoms with E-state index in [4.69, 9.17) is 18.9 Å². The number of nitrogens with one attached hydrogen (secondary N) is 1. The molecular formula is C18H20N2O5. The highest BCUT2D eigenvalue weighted by molar-refractivity contribution is 6.00. The van der Waals surface area contributed by atoms with Crippen molar-refractivity contribution in [2.24, 2.45) is 5.10 Å². The fraction of sp³-hybridized carbons (Fsp3) is 0.222. The van der Waals surface area contributed by atoms with E-state index in [1.807, 2.05) is 0 Å². The Hall–Kier alpha value is -3.22. The molecule has 0 bridgehead atoms. The maximum absolute atomic E-state index is 12.4. The SMILES string of the molecule is COc1ccc(OC)c(/C=N/NC(=O)c2c(OC)cccc2OC)c1. The largest absolute Gasteiger partial charge is 0.497 e. The van der Waals surface area contributed by atoms with Gasteiger partial charge in [0.25, 0.3) is 5.91 Å². The van der Waals surface area contributed by atoms with Gasteiger partial charge in [0.2, 0.25) is 0 Å². The van der Waals surface area contributed by atoms with Crippen LogP contribution in [0.5, 0.6) is 23.0 Å². The van der Waals surface area contributed by atoms with Crippen LogP contribution in [0.3, 0.4) is 0 Å². The Balaban J connectivity index is 2.22. The van der Waals surface area contributed by atoms with Gasteiger partial charge < -0.3 is 18.9 Å². The molecule has 25 heavy (non-hydrogen) atoms. The number of ether oxygens (including phenoxy) is 4. The molecule has 0 spiro atoms. The molecule has 0 atom stereocenters. The first-order valence-corrected chi connectivity index (χ1v) is 7.41. The summed E-state index contributed by atoms with van der Waals surface area (Å²) in [6.07, 6.45) is 1.47. The standard InChI is InChI=1S/C18H20N2O5/c1-22-13-8-9-14(23-2)12(10-13)11-19-20-18(21)17-15(24-3)6-5-7-16(17)25-4/h5-11H,1-4H3,(H,20,21)/b19-11+. The predicted octanol–water partition coefficient (Wildman–Crippen LogP) is 2.48. The first kappa shape index (κ1) is 18.1. The van der Waals surface area contributed by atoms with Gasteiger partial charge in [0.1, 0.15) is 28.6 Å². The number of hydrogen-bond donors (Lipinski definition) is 1. The summed E-state index contributed by atoms with van der Waals surface area (Å²) in [6, 6.07) is 10.4. The molecule has 0 fully saturated rings. The van der Waals surface area contributed by atoms with E-state index in [0.717, 1.165) is 0 Å². The third-order valence-corrected chi connectivity index (χ3v) is 3.46. The number of methoxy groups -OCH3 is 4. The molecular weight excluding hydrogens is 324 g/mol. The molecule has 2 aromatic carbocycles. The summed E-state index contributed by atoms with van der Waals surface area (Å²) >= 11 is 0. The highest BCUT2D eigenvalue weighted by Crippen LogP contribution is 2.28. The molecule has 0 unspecified atom stereocenters. The zero-order valence-electron chi connectivity index (χ0n) is 14.5. The molecule has 0 aromatic heterocycles. The fourth-order valence-electron chi connectivity index (χ4n) is 2.23. The van der Waals surface area contributed by atoms with Gasteiger partial charge in [-0.1, -0.05) is 6.07 Å². The number of nitrogens with zero attached hydrogens (tertiary/aromatic N) is 1. The van der Waals surface area contributed by atoms with Crippen LogP contribution in [-0.2, 0) is 0 Å². The highest BCUT2D eigenvalue weighted by Gasteiger charge is 2.17. The summed E-state index contributed by atoms with van der Waals surface area (Å²) in [5.74, 6) is 1.60. The van der Waals surface area contributed by atoms with Crippen LogP contribution in [0.4, 0.5) is 0 Å². The molecule has 0 heterocycles. The molecule has 132 valence electrons. The number of hydrogen-bond acceptors (Lipinski definition) is 6. The molecule has 0 saturated carbocycles. The molecule has 2 rings (SSSR count).